The number of nitrogens with zero attached hydrogens (tertiary/aromatic N) is 1. The van der Waals surface area contributed by atoms with Crippen LogP contribution in [-0.4, -0.2) is 30.0 Å². The third-order valence-electron chi connectivity index (χ3n) is 3.28. The first kappa shape index (κ1) is 17.6. The topological polar surface area (TPSA) is 98.5 Å². The van der Waals surface area contributed by atoms with Crippen molar-refractivity contribution in [2.24, 2.45) is 0 Å². The van der Waals surface area contributed by atoms with Crippen molar-refractivity contribution in [1.82, 2.24) is 5.32 Å². The number of nitro groups is 1. The molecule has 1 amide bonds. The molecule has 1 N–H and O–H groups in total. The summed E-state index contributed by atoms with van der Waals surface area (Å²) in [6.45, 7) is 1.98. The van der Waals surface area contributed by atoms with Crippen LogP contribution in [-0.2, 0) is 9.53 Å². The van der Waals surface area contributed by atoms with E-state index in [1.807, 2.05) is 37.3 Å². The van der Waals surface area contributed by atoms with Gasteiger partial charge < -0.3 is 10.1 Å². The van der Waals surface area contributed by atoms with Crippen molar-refractivity contribution in [3.05, 3.63) is 63.0 Å². The van der Waals surface area contributed by atoms with Gasteiger partial charge in [-0.05, 0) is 17.5 Å². The number of hydrogen-bond donors (Lipinski definition) is 1. The molecule has 0 aliphatic carbocycles. The van der Waals surface area contributed by atoms with E-state index in [9.17, 15) is 19.7 Å². The first-order valence-electron chi connectivity index (χ1n) is 7.20. The Morgan fingerprint density at radius 1 is 1.25 bits per heavy atom. The van der Waals surface area contributed by atoms with Crippen LogP contribution in [0.15, 0.2) is 42.5 Å². The Morgan fingerprint density at radius 3 is 2.58 bits per heavy atom. The number of carbonyl (C=O) groups excluding carboxylic acids is 2. The lowest BCUT2D eigenvalue weighted by Gasteiger charge is -2.13. The number of hydrogen-bond acceptors (Lipinski definition) is 6. The van der Waals surface area contributed by atoms with E-state index in [4.69, 9.17) is 4.74 Å². The molecule has 0 radical (unpaired) electrons. The zero-order chi connectivity index (χ0) is 17.5. The summed E-state index contributed by atoms with van der Waals surface area (Å²) in [5, 5.41) is 13.1. The molecule has 1 heterocycles. The molecule has 0 fully saturated rings. The molecule has 1 atom stereocenters. The van der Waals surface area contributed by atoms with Crippen molar-refractivity contribution < 1.29 is 19.2 Å². The molecule has 0 aliphatic heterocycles. The van der Waals surface area contributed by atoms with Crippen LogP contribution in [0.5, 0.6) is 0 Å². The lowest BCUT2D eigenvalue weighted by molar-refractivity contribution is -0.380. The molecule has 1 aromatic heterocycles. The predicted molar refractivity (Wildman–Crippen MR) is 89.1 cm³/mol. The van der Waals surface area contributed by atoms with E-state index >= 15 is 0 Å². The number of amides is 1. The van der Waals surface area contributed by atoms with Gasteiger partial charge in [-0.1, -0.05) is 48.6 Å². The van der Waals surface area contributed by atoms with Gasteiger partial charge in [0.2, 0.25) is 0 Å². The largest absolute Gasteiger partial charge is 0.451 e. The summed E-state index contributed by atoms with van der Waals surface area (Å²) >= 11 is 0.711. The van der Waals surface area contributed by atoms with Gasteiger partial charge in [0.25, 0.3) is 5.91 Å². The maximum Gasteiger partial charge on any atom is 0.349 e. The second-order valence-corrected chi connectivity index (χ2v) is 6.15. The normalized spacial score (nSPS) is 11.5. The lowest BCUT2D eigenvalue weighted by atomic mass is 10.0. The number of thiophene rings is 1. The summed E-state index contributed by atoms with van der Waals surface area (Å²) < 4.78 is 4.86. The van der Waals surface area contributed by atoms with Gasteiger partial charge in [0.1, 0.15) is 4.88 Å². The third kappa shape index (κ3) is 4.88. The zero-order valence-electron chi connectivity index (χ0n) is 12.9. The highest BCUT2D eigenvalue weighted by Crippen LogP contribution is 2.24. The van der Waals surface area contributed by atoms with Crippen molar-refractivity contribution in [2.75, 3.05) is 13.2 Å². The van der Waals surface area contributed by atoms with Crippen LogP contribution in [0.3, 0.4) is 0 Å². The third-order valence-corrected chi connectivity index (χ3v) is 4.30. The average Bonchev–Trinajstić information content (AvgIpc) is 3.08. The maximum absolute atomic E-state index is 11.7. The van der Waals surface area contributed by atoms with E-state index in [1.165, 1.54) is 12.1 Å². The van der Waals surface area contributed by atoms with Gasteiger partial charge in [0, 0.05) is 12.6 Å². The number of nitrogens with one attached hydrogen (secondary N) is 1. The smallest absolute Gasteiger partial charge is 0.349 e. The predicted octanol–water partition coefficient (Wildman–Crippen LogP) is 2.73. The molecule has 8 heteroatoms. The number of carbonyl (C=O) groups is 2. The minimum absolute atomic E-state index is 0.0900. The van der Waals surface area contributed by atoms with Gasteiger partial charge in [0.05, 0.1) is 4.92 Å². The van der Waals surface area contributed by atoms with Crippen LogP contribution in [0.2, 0.25) is 0 Å². The summed E-state index contributed by atoms with van der Waals surface area (Å²) in [5.74, 6) is -1.04. The number of benzene rings is 1. The maximum atomic E-state index is 11.7. The zero-order valence-corrected chi connectivity index (χ0v) is 13.7. The molecule has 0 unspecified atom stereocenters. The van der Waals surface area contributed by atoms with Gasteiger partial charge in [-0.15, -0.1) is 0 Å². The van der Waals surface area contributed by atoms with E-state index in [0.29, 0.717) is 17.9 Å². The Morgan fingerprint density at radius 2 is 1.96 bits per heavy atom. The van der Waals surface area contributed by atoms with Gasteiger partial charge in [-0.2, -0.15) is 0 Å². The summed E-state index contributed by atoms with van der Waals surface area (Å²) in [4.78, 5) is 33.5. The standard InChI is InChI=1S/C16H16N2O5S/c1-11(12-5-3-2-4-6-12)9-17-14(19)10-23-16(20)13-7-8-15(24-13)18(21)22/h2-8,11H,9-10H2,1H3,(H,17,19)/t11-/m1/s1. The average molecular weight is 348 g/mol. The molecule has 2 rings (SSSR count). The molecule has 126 valence electrons. The van der Waals surface area contributed by atoms with E-state index in [-0.39, 0.29) is 15.8 Å². The second-order valence-electron chi connectivity index (χ2n) is 5.09. The molecule has 0 aliphatic rings. The van der Waals surface area contributed by atoms with Gasteiger partial charge in [-0.3, -0.25) is 14.9 Å². The Bertz CT molecular complexity index is 729. The highest BCUT2D eigenvalue weighted by molar-refractivity contribution is 7.17. The summed E-state index contributed by atoms with van der Waals surface area (Å²) in [6.07, 6.45) is 0. The van der Waals surface area contributed by atoms with Crippen LogP contribution in [0, 0.1) is 10.1 Å². The fourth-order valence-corrected chi connectivity index (χ4v) is 2.67. The highest BCUT2D eigenvalue weighted by Gasteiger charge is 2.17. The van der Waals surface area contributed by atoms with Crippen molar-refractivity contribution in [3.63, 3.8) is 0 Å². The van der Waals surface area contributed by atoms with Crippen molar-refractivity contribution in [3.8, 4) is 0 Å². The minimum Gasteiger partial charge on any atom is -0.451 e. The number of ether oxygens (including phenoxy) is 1. The van der Waals surface area contributed by atoms with Crippen LogP contribution in [0.1, 0.15) is 28.1 Å². The Labute approximate surface area is 142 Å². The molecule has 0 spiro atoms. The molecule has 24 heavy (non-hydrogen) atoms. The summed E-state index contributed by atoms with van der Waals surface area (Å²) in [7, 11) is 0. The fraction of sp³-hybridized carbons (Fsp3) is 0.250. The minimum atomic E-state index is -0.751. The monoisotopic (exact) mass is 348 g/mol. The van der Waals surface area contributed by atoms with Crippen molar-refractivity contribution in [1.29, 1.82) is 0 Å². The van der Waals surface area contributed by atoms with Crippen LogP contribution in [0.25, 0.3) is 0 Å². The van der Waals surface area contributed by atoms with Crippen molar-refractivity contribution in [2.45, 2.75) is 12.8 Å². The van der Waals surface area contributed by atoms with Crippen LogP contribution < -0.4 is 5.32 Å². The van der Waals surface area contributed by atoms with E-state index < -0.39 is 23.4 Å². The first-order valence-corrected chi connectivity index (χ1v) is 8.02. The summed E-state index contributed by atoms with van der Waals surface area (Å²) in [6, 6.07) is 12.2. The van der Waals surface area contributed by atoms with Crippen LogP contribution in [0.4, 0.5) is 5.00 Å². The van der Waals surface area contributed by atoms with Gasteiger partial charge in [-0.25, -0.2) is 4.79 Å². The van der Waals surface area contributed by atoms with E-state index in [2.05, 4.69) is 5.32 Å². The molecule has 7 nitrogen and oxygen atoms in total. The quantitative estimate of drug-likeness (QED) is 0.471. The number of rotatable bonds is 7. The van der Waals surface area contributed by atoms with Crippen LogP contribution >= 0.6 is 11.3 Å². The number of esters is 1. The lowest BCUT2D eigenvalue weighted by Crippen LogP contribution is -2.31. The molecule has 0 saturated carbocycles. The molecule has 0 bridgehead atoms. The summed E-state index contributed by atoms with van der Waals surface area (Å²) in [5.41, 5.74) is 1.10. The highest BCUT2D eigenvalue weighted by atomic mass is 32.1. The Kier molecular flexibility index (Phi) is 6.02. The van der Waals surface area contributed by atoms with Gasteiger partial charge >= 0.3 is 11.0 Å². The van der Waals surface area contributed by atoms with Crippen molar-refractivity contribution >= 4 is 28.2 Å². The Balaban J connectivity index is 1.76. The first-order chi connectivity index (χ1) is 11.5. The molecule has 2 aromatic rings. The molecule has 1 aromatic carbocycles. The second kappa shape index (κ2) is 8.21. The fourth-order valence-electron chi connectivity index (χ4n) is 1.96. The van der Waals surface area contributed by atoms with E-state index in [1.54, 1.807) is 0 Å². The SMILES string of the molecule is C[C@H](CNC(=O)COC(=O)c1ccc([N+](=O)[O-])s1)c1ccccc1. The van der Waals surface area contributed by atoms with Gasteiger partial charge in [0.15, 0.2) is 6.61 Å². The molecular weight excluding hydrogens is 332 g/mol. The molecular formula is C16H16N2O5S. The Hall–Kier alpha value is -2.74. The molecule has 0 saturated heterocycles. The van der Waals surface area contributed by atoms with E-state index in [0.717, 1.165) is 5.56 Å².